The van der Waals surface area contributed by atoms with Crippen molar-refractivity contribution in [2.45, 2.75) is 32.4 Å². The Balaban J connectivity index is 1.90. The van der Waals surface area contributed by atoms with Crippen molar-refractivity contribution >= 4 is 16.9 Å². The number of rotatable bonds is 5. The summed E-state index contributed by atoms with van der Waals surface area (Å²) in [5.41, 5.74) is 1.38. The van der Waals surface area contributed by atoms with Crippen LogP contribution in [0.5, 0.6) is 0 Å². The molecule has 100 valence electrons. The average Bonchev–Trinajstić information content (AvgIpc) is 3.17. The zero-order valence-corrected chi connectivity index (χ0v) is 10.8. The molecule has 0 amide bonds. The van der Waals surface area contributed by atoms with Gasteiger partial charge in [0.25, 0.3) is 0 Å². The molecule has 0 radical (unpaired) electrons. The van der Waals surface area contributed by atoms with Crippen molar-refractivity contribution in [2.24, 2.45) is 5.92 Å². The third-order valence-electron chi connectivity index (χ3n) is 3.82. The summed E-state index contributed by atoms with van der Waals surface area (Å²) in [5, 5.41) is 13.5. The molecule has 1 unspecified atom stereocenters. The molecule has 0 saturated heterocycles. The first-order chi connectivity index (χ1) is 9.16. The van der Waals surface area contributed by atoms with Crippen LogP contribution < -0.4 is 5.32 Å². The van der Waals surface area contributed by atoms with Gasteiger partial charge in [0, 0.05) is 23.5 Å². The standard InChI is InChI=1S/C15H17NO3/c1-9(10-6-7-10)16-8-12-11-4-2-3-5-13(11)19-14(12)15(17)18/h2-5,9-10,16H,6-8H2,1H3,(H,17,18). The molecular weight excluding hydrogens is 242 g/mol. The fourth-order valence-electron chi connectivity index (χ4n) is 2.47. The summed E-state index contributed by atoms with van der Waals surface area (Å²) in [6.07, 6.45) is 2.54. The van der Waals surface area contributed by atoms with Gasteiger partial charge in [-0.05, 0) is 31.7 Å². The van der Waals surface area contributed by atoms with Gasteiger partial charge in [0.2, 0.25) is 5.76 Å². The first-order valence-corrected chi connectivity index (χ1v) is 6.64. The molecule has 0 aliphatic heterocycles. The number of furan rings is 1. The van der Waals surface area contributed by atoms with Gasteiger partial charge in [0.05, 0.1) is 0 Å². The Morgan fingerprint density at radius 3 is 2.89 bits per heavy atom. The molecule has 0 spiro atoms. The molecule has 1 aromatic heterocycles. The predicted molar refractivity (Wildman–Crippen MR) is 72.2 cm³/mol. The lowest BCUT2D eigenvalue weighted by Gasteiger charge is -2.12. The molecule has 0 bridgehead atoms. The van der Waals surface area contributed by atoms with Crippen LogP contribution in [0.4, 0.5) is 0 Å². The molecular formula is C15H17NO3. The summed E-state index contributed by atoms with van der Waals surface area (Å²) >= 11 is 0. The summed E-state index contributed by atoms with van der Waals surface area (Å²) in [6, 6.07) is 7.88. The molecule has 1 saturated carbocycles. The lowest BCUT2D eigenvalue weighted by atomic mass is 10.1. The van der Waals surface area contributed by atoms with Crippen LogP contribution in [0.2, 0.25) is 0 Å². The normalized spacial score (nSPS) is 16.7. The number of benzene rings is 1. The number of carboxylic acid groups (broad SMARTS) is 1. The molecule has 1 heterocycles. The van der Waals surface area contributed by atoms with E-state index in [-0.39, 0.29) is 5.76 Å². The maximum atomic E-state index is 11.3. The number of nitrogens with one attached hydrogen (secondary N) is 1. The minimum Gasteiger partial charge on any atom is -0.475 e. The number of carboxylic acids is 1. The Kier molecular flexibility index (Phi) is 3.03. The highest BCUT2D eigenvalue weighted by Crippen LogP contribution is 2.33. The number of aromatic carboxylic acids is 1. The van der Waals surface area contributed by atoms with E-state index in [9.17, 15) is 9.90 Å². The first kappa shape index (κ1) is 12.2. The Morgan fingerprint density at radius 2 is 2.21 bits per heavy atom. The maximum Gasteiger partial charge on any atom is 0.372 e. The molecule has 2 aromatic rings. The smallest absolute Gasteiger partial charge is 0.372 e. The second-order valence-electron chi connectivity index (χ2n) is 5.22. The summed E-state index contributed by atoms with van der Waals surface area (Å²) in [4.78, 5) is 11.3. The average molecular weight is 259 g/mol. The van der Waals surface area contributed by atoms with Gasteiger partial charge in [-0.1, -0.05) is 18.2 Å². The Labute approximate surface area is 111 Å². The fourth-order valence-corrected chi connectivity index (χ4v) is 2.47. The summed E-state index contributed by atoms with van der Waals surface area (Å²) in [5.74, 6) is -0.213. The lowest BCUT2D eigenvalue weighted by molar-refractivity contribution is 0.0663. The van der Waals surface area contributed by atoms with E-state index in [1.807, 2.05) is 18.2 Å². The number of fused-ring (bicyclic) bond motifs is 1. The van der Waals surface area contributed by atoms with E-state index in [4.69, 9.17) is 4.42 Å². The van der Waals surface area contributed by atoms with Crippen molar-refractivity contribution in [3.63, 3.8) is 0 Å². The van der Waals surface area contributed by atoms with Crippen molar-refractivity contribution in [2.75, 3.05) is 0 Å². The van der Waals surface area contributed by atoms with E-state index in [1.165, 1.54) is 12.8 Å². The van der Waals surface area contributed by atoms with Gasteiger partial charge in [-0.25, -0.2) is 4.79 Å². The summed E-state index contributed by atoms with van der Waals surface area (Å²) in [7, 11) is 0. The number of para-hydroxylation sites is 1. The third kappa shape index (κ3) is 2.36. The fraction of sp³-hybridized carbons (Fsp3) is 0.400. The van der Waals surface area contributed by atoms with Crippen LogP contribution >= 0.6 is 0 Å². The minimum atomic E-state index is -1.01. The zero-order chi connectivity index (χ0) is 13.4. The van der Waals surface area contributed by atoms with Crippen LogP contribution in [0, 0.1) is 5.92 Å². The van der Waals surface area contributed by atoms with Gasteiger partial charge in [-0.3, -0.25) is 0 Å². The number of hydrogen-bond donors (Lipinski definition) is 2. The van der Waals surface area contributed by atoms with Crippen LogP contribution in [0.1, 0.15) is 35.9 Å². The van der Waals surface area contributed by atoms with Crippen LogP contribution in [0.15, 0.2) is 28.7 Å². The Morgan fingerprint density at radius 1 is 1.47 bits per heavy atom. The van der Waals surface area contributed by atoms with Crippen LogP contribution in [-0.2, 0) is 6.54 Å². The molecule has 1 aliphatic rings. The van der Waals surface area contributed by atoms with Crippen LogP contribution in [-0.4, -0.2) is 17.1 Å². The highest BCUT2D eigenvalue weighted by molar-refractivity contribution is 5.95. The lowest BCUT2D eigenvalue weighted by Crippen LogP contribution is -2.27. The van der Waals surface area contributed by atoms with Gasteiger partial charge in [0.15, 0.2) is 0 Å². The zero-order valence-electron chi connectivity index (χ0n) is 10.8. The summed E-state index contributed by atoms with van der Waals surface area (Å²) < 4.78 is 5.43. The van der Waals surface area contributed by atoms with Crippen molar-refractivity contribution in [1.29, 1.82) is 0 Å². The van der Waals surface area contributed by atoms with E-state index in [2.05, 4.69) is 12.2 Å². The monoisotopic (exact) mass is 259 g/mol. The van der Waals surface area contributed by atoms with Gasteiger partial charge in [-0.15, -0.1) is 0 Å². The first-order valence-electron chi connectivity index (χ1n) is 6.64. The molecule has 19 heavy (non-hydrogen) atoms. The highest BCUT2D eigenvalue weighted by atomic mass is 16.4. The van der Waals surface area contributed by atoms with E-state index in [0.29, 0.717) is 18.2 Å². The van der Waals surface area contributed by atoms with E-state index in [1.54, 1.807) is 6.07 Å². The van der Waals surface area contributed by atoms with E-state index >= 15 is 0 Å². The highest BCUT2D eigenvalue weighted by Gasteiger charge is 2.28. The van der Waals surface area contributed by atoms with Crippen molar-refractivity contribution in [3.8, 4) is 0 Å². The van der Waals surface area contributed by atoms with Crippen LogP contribution in [0.25, 0.3) is 11.0 Å². The largest absolute Gasteiger partial charge is 0.475 e. The minimum absolute atomic E-state index is 0.0525. The topological polar surface area (TPSA) is 62.5 Å². The van der Waals surface area contributed by atoms with Gasteiger partial charge >= 0.3 is 5.97 Å². The van der Waals surface area contributed by atoms with Crippen LogP contribution in [0.3, 0.4) is 0 Å². The van der Waals surface area contributed by atoms with Crippen molar-refractivity contribution in [1.82, 2.24) is 5.32 Å². The third-order valence-corrected chi connectivity index (χ3v) is 3.82. The number of hydrogen-bond acceptors (Lipinski definition) is 3. The molecule has 4 heteroatoms. The van der Waals surface area contributed by atoms with E-state index < -0.39 is 5.97 Å². The van der Waals surface area contributed by atoms with Crippen molar-refractivity contribution in [3.05, 3.63) is 35.6 Å². The van der Waals surface area contributed by atoms with E-state index in [0.717, 1.165) is 16.9 Å². The van der Waals surface area contributed by atoms with Gasteiger partial charge < -0.3 is 14.8 Å². The Bertz CT molecular complexity index is 613. The molecule has 1 aliphatic carbocycles. The van der Waals surface area contributed by atoms with Crippen molar-refractivity contribution < 1.29 is 14.3 Å². The molecule has 4 nitrogen and oxygen atoms in total. The second-order valence-corrected chi connectivity index (χ2v) is 5.22. The van der Waals surface area contributed by atoms with Gasteiger partial charge in [0.1, 0.15) is 5.58 Å². The molecule has 1 atom stereocenters. The second kappa shape index (κ2) is 4.70. The number of carbonyl (C=O) groups is 1. The molecule has 2 N–H and O–H groups in total. The molecule has 1 fully saturated rings. The summed E-state index contributed by atoms with van der Waals surface area (Å²) in [6.45, 7) is 2.69. The molecule has 1 aromatic carbocycles. The SMILES string of the molecule is CC(NCc1c(C(=O)O)oc2ccccc12)C1CC1. The Hall–Kier alpha value is -1.81. The quantitative estimate of drug-likeness (QED) is 0.866. The maximum absolute atomic E-state index is 11.3. The molecule has 3 rings (SSSR count). The van der Waals surface area contributed by atoms with Gasteiger partial charge in [-0.2, -0.15) is 0 Å². The predicted octanol–water partition coefficient (Wildman–Crippen LogP) is 3.02.